The van der Waals surface area contributed by atoms with Crippen LogP contribution in [0.3, 0.4) is 0 Å². The standard InChI is InChI=1S/C21H27N5O4S/c1-20(7-2-8-20)26-19(27)30-21(28,29)15-9-13(10-15)14-11-23-18(24-12-14)25-16-3-5-17(31-22)6-4-16/h3-6,11-13,15,28-29H,2,7-10,22H2,1H3,(H,26,27)(H,23,24,25). The molecule has 6 N–H and O–H groups in total. The highest BCUT2D eigenvalue weighted by atomic mass is 32.2. The highest BCUT2D eigenvalue weighted by Crippen LogP contribution is 2.46. The van der Waals surface area contributed by atoms with Gasteiger partial charge in [-0.3, -0.25) is 5.14 Å². The van der Waals surface area contributed by atoms with Gasteiger partial charge in [0, 0.05) is 28.5 Å². The Bertz CT molecular complexity index is 912. The lowest BCUT2D eigenvalue weighted by Gasteiger charge is -2.43. The molecule has 166 valence electrons. The van der Waals surface area contributed by atoms with Crippen molar-refractivity contribution < 1.29 is 19.7 Å². The van der Waals surface area contributed by atoms with E-state index in [4.69, 9.17) is 9.88 Å². The van der Waals surface area contributed by atoms with Crippen LogP contribution in [-0.4, -0.2) is 37.8 Å². The number of carbonyl (C=O) groups excluding carboxylic acids is 1. The van der Waals surface area contributed by atoms with E-state index in [2.05, 4.69) is 20.6 Å². The minimum absolute atomic E-state index is 0.0781. The summed E-state index contributed by atoms with van der Waals surface area (Å²) in [5, 5.41) is 31.8. The Balaban J connectivity index is 1.27. The maximum atomic E-state index is 12.0. The number of carbonyl (C=O) groups is 1. The molecule has 2 fully saturated rings. The zero-order chi connectivity index (χ0) is 22.1. The molecule has 4 rings (SSSR count). The fourth-order valence-corrected chi connectivity index (χ4v) is 4.17. The molecule has 2 saturated carbocycles. The number of rotatable bonds is 7. The van der Waals surface area contributed by atoms with E-state index in [1.54, 1.807) is 12.4 Å². The Labute approximate surface area is 184 Å². The van der Waals surface area contributed by atoms with Gasteiger partial charge in [0.1, 0.15) is 0 Å². The maximum absolute atomic E-state index is 12.0. The number of aromatic nitrogens is 2. The van der Waals surface area contributed by atoms with Crippen molar-refractivity contribution in [3.05, 3.63) is 42.2 Å². The first-order chi connectivity index (χ1) is 14.8. The number of hydrogen-bond donors (Lipinski definition) is 5. The van der Waals surface area contributed by atoms with Gasteiger partial charge in [-0.1, -0.05) is 0 Å². The summed E-state index contributed by atoms with van der Waals surface area (Å²) < 4.78 is 4.91. The average molecular weight is 446 g/mol. The van der Waals surface area contributed by atoms with Gasteiger partial charge in [0.2, 0.25) is 5.95 Å². The molecule has 0 aliphatic heterocycles. The summed E-state index contributed by atoms with van der Waals surface area (Å²) in [7, 11) is 0. The first kappa shape index (κ1) is 21.8. The third-order valence-corrected chi connectivity index (χ3v) is 6.71. The Hall–Kier alpha value is -2.40. The van der Waals surface area contributed by atoms with Crippen molar-refractivity contribution in [3.8, 4) is 0 Å². The molecule has 1 amide bonds. The van der Waals surface area contributed by atoms with Crippen LogP contribution in [0, 0.1) is 5.92 Å². The summed E-state index contributed by atoms with van der Waals surface area (Å²) >= 11 is 1.18. The topological polar surface area (TPSA) is 143 Å². The number of alkyl carbamates (subject to hydrolysis) is 1. The van der Waals surface area contributed by atoms with Crippen LogP contribution in [0.1, 0.15) is 50.5 Å². The van der Waals surface area contributed by atoms with Gasteiger partial charge in [0.05, 0.1) is 5.92 Å². The van der Waals surface area contributed by atoms with E-state index in [0.717, 1.165) is 35.4 Å². The number of ether oxygens (including phenoxy) is 1. The molecule has 0 atom stereocenters. The van der Waals surface area contributed by atoms with Crippen molar-refractivity contribution in [3.63, 3.8) is 0 Å². The molecule has 1 aromatic carbocycles. The van der Waals surface area contributed by atoms with Gasteiger partial charge in [-0.15, -0.1) is 0 Å². The van der Waals surface area contributed by atoms with Gasteiger partial charge in [-0.25, -0.2) is 14.8 Å². The Morgan fingerprint density at radius 1 is 1.23 bits per heavy atom. The van der Waals surface area contributed by atoms with E-state index in [9.17, 15) is 15.0 Å². The van der Waals surface area contributed by atoms with Gasteiger partial charge in [-0.2, -0.15) is 0 Å². The number of nitrogens with two attached hydrogens (primary N) is 1. The quantitative estimate of drug-likeness (QED) is 0.321. The number of anilines is 2. The molecule has 0 bridgehead atoms. The minimum atomic E-state index is -2.49. The average Bonchev–Trinajstić information content (AvgIpc) is 2.67. The second-order valence-electron chi connectivity index (χ2n) is 8.56. The van der Waals surface area contributed by atoms with Crippen LogP contribution in [0.25, 0.3) is 0 Å². The molecule has 0 spiro atoms. The number of nitrogens with one attached hydrogen (secondary N) is 2. The molecule has 2 aliphatic carbocycles. The van der Waals surface area contributed by atoms with Crippen LogP contribution in [0.5, 0.6) is 0 Å². The first-order valence-corrected chi connectivity index (χ1v) is 11.2. The highest BCUT2D eigenvalue weighted by Gasteiger charge is 2.48. The van der Waals surface area contributed by atoms with Crippen molar-refractivity contribution >= 4 is 29.7 Å². The predicted molar refractivity (Wildman–Crippen MR) is 116 cm³/mol. The maximum Gasteiger partial charge on any atom is 0.411 e. The predicted octanol–water partition coefficient (Wildman–Crippen LogP) is 2.99. The molecule has 0 saturated heterocycles. The highest BCUT2D eigenvalue weighted by molar-refractivity contribution is 7.97. The van der Waals surface area contributed by atoms with E-state index < -0.39 is 18.0 Å². The molecule has 1 heterocycles. The van der Waals surface area contributed by atoms with Gasteiger partial charge >= 0.3 is 12.1 Å². The lowest BCUT2D eigenvalue weighted by atomic mass is 9.71. The lowest BCUT2D eigenvalue weighted by molar-refractivity contribution is -0.350. The van der Waals surface area contributed by atoms with E-state index in [-0.39, 0.29) is 11.5 Å². The molecule has 31 heavy (non-hydrogen) atoms. The Kier molecular flexibility index (Phi) is 6.07. The first-order valence-electron chi connectivity index (χ1n) is 10.3. The summed E-state index contributed by atoms with van der Waals surface area (Å²) in [5.41, 5.74) is 1.44. The molecular formula is C21H27N5O4S. The number of nitrogens with zero attached hydrogens (tertiary/aromatic N) is 2. The van der Waals surface area contributed by atoms with Gasteiger partial charge in [0.15, 0.2) is 0 Å². The van der Waals surface area contributed by atoms with Gasteiger partial charge in [0.25, 0.3) is 0 Å². The summed E-state index contributed by atoms with van der Waals surface area (Å²) in [5.74, 6) is -2.50. The molecule has 1 aromatic heterocycles. The van der Waals surface area contributed by atoms with Crippen molar-refractivity contribution in [1.29, 1.82) is 0 Å². The summed E-state index contributed by atoms with van der Waals surface area (Å²) in [6.07, 6.45) is 6.34. The van der Waals surface area contributed by atoms with Crippen molar-refractivity contribution in [2.75, 3.05) is 5.32 Å². The fraction of sp³-hybridized carbons (Fsp3) is 0.476. The fourth-order valence-electron chi connectivity index (χ4n) is 3.88. The third-order valence-electron chi connectivity index (χ3n) is 6.16. The molecule has 0 radical (unpaired) electrons. The van der Waals surface area contributed by atoms with E-state index in [1.165, 1.54) is 11.9 Å². The normalized spacial score (nSPS) is 22.1. The molecule has 2 aromatic rings. The smallest absolute Gasteiger partial charge is 0.391 e. The zero-order valence-corrected chi connectivity index (χ0v) is 18.1. The second kappa shape index (κ2) is 8.62. The van der Waals surface area contributed by atoms with Crippen molar-refractivity contribution in [1.82, 2.24) is 15.3 Å². The number of benzene rings is 1. The van der Waals surface area contributed by atoms with Crippen molar-refractivity contribution in [2.45, 2.75) is 61.4 Å². The number of hydrogen-bond acceptors (Lipinski definition) is 9. The summed E-state index contributed by atoms with van der Waals surface area (Å²) in [6, 6.07) is 7.60. The number of amides is 1. The lowest BCUT2D eigenvalue weighted by Crippen LogP contribution is -2.55. The second-order valence-corrected chi connectivity index (χ2v) is 9.27. The Morgan fingerprint density at radius 2 is 1.87 bits per heavy atom. The zero-order valence-electron chi connectivity index (χ0n) is 17.2. The summed E-state index contributed by atoms with van der Waals surface area (Å²) in [4.78, 5) is 21.6. The van der Waals surface area contributed by atoms with E-state index in [1.807, 2.05) is 31.2 Å². The van der Waals surface area contributed by atoms with Crippen LogP contribution in [0.4, 0.5) is 16.4 Å². The monoisotopic (exact) mass is 445 g/mol. The minimum Gasteiger partial charge on any atom is -0.391 e. The molecular weight excluding hydrogens is 418 g/mol. The molecule has 9 nitrogen and oxygen atoms in total. The van der Waals surface area contributed by atoms with Gasteiger partial charge in [-0.05, 0) is 86.7 Å². The molecule has 10 heteroatoms. The molecule has 2 aliphatic rings. The van der Waals surface area contributed by atoms with Crippen molar-refractivity contribution in [2.24, 2.45) is 11.1 Å². The van der Waals surface area contributed by atoms with Crippen LogP contribution in [0.15, 0.2) is 41.6 Å². The van der Waals surface area contributed by atoms with Crippen LogP contribution in [0.2, 0.25) is 0 Å². The third kappa shape index (κ3) is 5.09. The van der Waals surface area contributed by atoms with Gasteiger partial charge < -0.3 is 25.6 Å². The summed E-state index contributed by atoms with van der Waals surface area (Å²) in [6.45, 7) is 1.92. The van der Waals surface area contributed by atoms with E-state index in [0.29, 0.717) is 18.8 Å². The Morgan fingerprint density at radius 3 is 2.42 bits per heavy atom. The SMILES string of the molecule is CC1(NC(=O)OC(O)(O)C2CC(c3cnc(Nc4ccc(SN)cc4)nc3)C2)CCC1. The largest absolute Gasteiger partial charge is 0.411 e. The van der Waals surface area contributed by atoms with Crippen LogP contribution in [-0.2, 0) is 4.74 Å². The van der Waals surface area contributed by atoms with E-state index >= 15 is 0 Å². The number of aliphatic hydroxyl groups is 2. The van der Waals surface area contributed by atoms with Crippen LogP contribution < -0.4 is 15.8 Å². The van der Waals surface area contributed by atoms with Crippen LogP contribution >= 0.6 is 11.9 Å². The molecule has 0 unspecified atom stereocenters.